The highest BCUT2D eigenvalue weighted by Crippen LogP contribution is 2.39. The van der Waals surface area contributed by atoms with E-state index in [0.29, 0.717) is 0 Å². The summed E-state index contributed by atoms with van der Waals surface area (Å²) in [6.45, 7) is 0. The lowest BCUT2D eigenvalue weighted by molar-refractivity contribution is -0.387. The third kappa shape index (κ3) is 1.85. The van der Waals surface area contributed by atoms with Crippen molar-refractivity contribution >= 4 is 5.69 Å². The molecule has 8 heteroatoms. The van der Waals surface area contributed by atoms with Crippen LogP contribution in [0.2, 0.25) is 0 Å². The van der Waals surface area contributed by atoms with Crippen molar-refractivity contribution < 1.29 is 13.7 Å². The van der Waals surface area contributed by atoms with Crippen LogP contribution in [0.1, 0.15) is 18.9 Å². The van der Waals surface area contributed by atoms with Gasteiger partial charge in [-0.25, -0.2) is 4.39 Å². The molecule has 0 atom stereocenters. The second-order valence-corrected chi connectivity index (χ2v) is 4.31. The monoisotopic (exact) mass is 266 g/mol. The van der Waals surface area contributed by atoms with Crippen LogP contribution in [0.5, 0.6) is 0 Å². The first-order valence-electron chi connectivity index (χ1n) is 5.62. The largest absolute Gasteiger partial charge is 0.310 e. The number of benzene rings is 1. The Morgan fingerprint density at radius 3 is 2.74 bits per heavy atom. The zero-order valence-corrected chi connectivity index (χ0v) is 9.58. The molecule has 0 radical (unpaired) electrons. The van der Waals surface area contributed by atoms with Gasteiger partial charge in [-0.15, -0.1) is 10.2 Å². The molecule has 1 aliphatic carbocycles. The van der Waals surface area contributed by atoms with E-state index in [2.05, 4.69) is 10.2 Å². The number of hydrogen-bond acceptors (Lipinski definition) is 4. The molecule has 0 unspecified atom stereocenters. The van der Waals surface area contributed by atoms with Gasteiger partial charge in [0.05, 0.1) is 10.5 Å². The Hall–Kier alpha value is -2.38. The number of nitro benzene ring substituents is 1. The molecule has 6 nitrogen and oxygen atoms in total. The Morgan fingerprint density at radius 1 is 1.37 bits per heavy atom. The number of aromatic nitrogens is 3. The summed E-state index contributed by atoms with van der Waals surface area (Å²) in [4.78, 5) is 9.79. The highest BCUT2D eigenvalue weighted by Gasteiger charge is 2.31. The topological polar surface area (TPSA) is 73.8 Å². The molecule has 2 aromatic rings. The van der Waals surface area contributed by atoms with Crippen molar-refractivity contribution in [3.8, 4) is 11.4 Å². The summed E-state index contributed by atoms with van der Waals surface area (Å²) < 4.78 is 29.4. The molecule has 0 N–H and O–H groups in total. The number of nitrogens with zero attached hydrogens (tertiary/aromatic N) is 4. The molecule has 0 saturated heterocycles. The maximum atomic E-state index is 14.0. The van der Waals surface area contributed by atoms with E-state index in [0.717, 1.165) is 25.0 Å². The van der Waals surface area contributed by atoms with Gasteiger partial charge in [-0.3, -0.25) is 10.1 Å². The van der Waals surface area contributed by atoms with Crippen molar-refractivity contribution in [3.05, 3.63) is 40.2 Å². The smallest absolute Gasteiger partial charge is 0.305 e. The summed E-state index contributed by atoms with van der Waals surface area (Å²) in [6.07, 6.45) is 3.14. The number of rotatable bonds is 3. The molecule has 0 bridgehead atoms. The molecule has 1 saturated carbocycles. The van der Waals surface area contributed by atoms with Gasteiger partial charge in [0.15, 0.2) is 5.82 Å². The van der Waals surface area contributed by atoms with Gasteiger partial charge in [-0.1, -0.05) is 0 Å². The number of nitro groups is 1. The number of hydrogen-bond donors (Lipinski definition) is 0. The molecule has 3 rings (SSSR count). The zero-order valence-electron chi connectivity index (χ0n) is 9.58. The third-order valence-electron chi connectivity index (χ3n) is 3.00. The van der Waals surface area contributed by atoms with Gasteiger partial charge >= 0.3 is 5.69 Å². The molecule has 19 heavy (non-hydrogen) atoms. The summed E-state index contributed by atoms with van der Waals surface area (Å²) in [6, 6.07) is 1.78. The van der Waals surface area contributed by atoms with E-state index in [4.69, 9.17) is 0 Å². The van der Waals surface area contributed by atoms with Crippen LogP contribution in [0.15, 0.2) is 18.5 Å². The molecule has 1 fully saturated rings. The molecular formula is C11H8F2N4O2. The maximum absolute atomic E-state index is 14.0. The standard InChI is InChI=1S/C11H8F2N4O2/c12-7-3-4-8(17(18)19)10(13)9(7)11-15-14-5-16(11)6-1-2-6/h3-6H,1-2H2. The fraction of sp³-hybridized carbons (Fsp3) is 0.273. The third-order valence-corrected chi connectivity index (χ3v) is 3.00. The van der Waals surface area contributed by atoms with Crippen LogP contribution < -0.4 is 0 Å². The predicted octanol–water partition coefficient (Wildman–Crippen LogP) is 2.47. The van der Waals surface area contributed by atoms with Crippen LogP contribution in [0.3, 0.4) is 0 Å². The van der Waals surface area contributed by atoms with Gasteiger partial charge < -0.3 is 4.57 Å². The van der Waals surface area contributed by atoms with E-state index >= 15 is 0 Å². The van der Waals surface area contributed by atoms with Gasteiger partial charge in [0, 0.05) is 12.1 Å². The van der Waals surface area contributed by atoms with Gasteiger partial charge in [-0.2, -0.15) is 4.39 Å². The van der Waals surface area contributed by atoms with Gasteiger partial charge in [0.1, 0.15) is 12.1 Å². The predicted molar refractivity (Wildman–Crippen MR) is 60.3 cm³/mol. The second kappa shape index (κ2) is 4.08. The Kier molecular flexibility index (Phi) is 2.51. The summed E-state index contributed by atoms with van der Waals surface area (Å²) in [7, 11) is 0. The minimum Gasteiger partial charge on any atom is -0.310 e. The Balaban J connectivity index is 2.21. The van der Waals surface area contributed by atoms with Crippen molar-refractivity contribution in [2.24, 2.45) is 0 Å². The van der Waals surface area contributed by atoms with E-state index < -0.39 is 27.8 Å². The lowest BCUT2D eigenvalue weighted by Gasteiger charge is -2.07. The fourth-order valence-electron chi connectivity index (χ4n) is 1.93. The first-order chi connectivity index (χ1) is 9.09. The van der Waals surface area contributed by atoms with Gasteiger partial charge in [-0.05, 0) is 18.9 Å². The van der Waals surface area contributed by atoms with Crippen LogP contribution in [-0.2, 0) is 0 Å². The van der Waals surface area contributed by atoms with Crippen LogP contribution in [-0.4, -0.2) is 19.7 Å². The SMILES string of the molecule is O=[N+]([O-])c1ccc(F)c(-c2nncn2C2CC2)c1F. The minimum absolute atomic E-state index is 0.0128. The maximum Gasteiger partial charge on any atom is 0.305 e. The lowest BCUT2D eigenvalue weighted by atomic mass is 10.1. The average Bonchev–Trinajstić information content (AvgIpc) is 3.09. The van der Waals surface area contributed by atoms with Crippen LogP contribution in [0.4, 0.5) is 14.5 Å². The Bertz CT molecular complexity index is 667. The average molecular weight is 266 g/mol. The van der Waals surface area contributed by atoms with Crippen molar-refractivity contribution in [3.63, 3.8) is 0 Å². The molecule has 1 heterocycles. The molecule has 0 spiro atoms. The molecule has 1 aromatic carbocycles. The lowest BCUT2D eigenvalue weighted by Crippen LogP contribution is -2.03. The van der Waals surface area contributed by atoms with Crippen molar-refractivity contribution in [2.75, 3.05) is 0 Å². The summed E-state index contributed by atoms with van der Waals surface area (Å²) in [5.74, 6) is -2.13. The van der Waals surface area contributed by atoms with Crippen molar-refractivity contribution in [2.45, 2.75) is 18.9 Å². The van der Waals surface area contributed by atoms with E-state index in [1.807, 2.05) is 0 Å². The molecule has 0 amide bonds. The van der Waals surface area contributed by atoms with Gasteiger partial charge in [0.2, 0.25) is 5.82 Å². The molecule has 1 aromatic heterocycles. The molecule has 98 valence electrons. The van der Waals surface area contributed by atoms with Crippen LogP contribution >= 0.6 is 0 Å². The Labute approximate surface area is 105 Å². The highest BCUT2D eigenvalue weighted by molar-refractivity contribution is 5.62. The van der Waals surface area contributed by atoms with E-state index in [-0.39, 0.29) is 11.9 Å². The van der Waals surface area contributed by atoms with E-state index in [1.165, 1.54) is 6.33 Å². The first-order valence-corrected chi connectivity index (χ1v) is 5.62. The highest BCUT2D eigenvalue weighted by atomic mass is 19.1. The van der Waals surface area contributed by atoms with E-state index in [9.17, 15) is 18.9 Å². The van der Waals surface area contributed by atoms with Crippen molar-refractivity contribution in [1.29, 1.82) is 0 Å². The van der Waals surface area contributed by atoms with Crippen LogP contribution in [0.25, 0.3) is 11.4 Å². The normalized spacial score (nSPS) is 14.6. The number of halogens is 2. The summed E-state index contributed by atoms with van der Waals surface area (Å²) in [5.41, 5.74) is -1.28. The Morgan fingerprint density at radius 2 is 2.11 bits per heavy atom. The first kappa shape index (κ1) is 11.7. The van der Waals surface area contributed by atoms with Crippen LogP contribution in [0, 0.1) is 21.7 Å². The molecule has 1 aliphatic rings. The van der Waals surface area contributed by atoms with Crippen molar-refractivity contribution in [1.82, 2.24) is 14.8 Å². The molecular weight excluding hydrogens is 258 g/mol. The molecule has 0 aliphatic heterocycles. The van der Waals surface area contributed by atoms with E-state index in [1.54, 1.807) is 4.57 Å². The zero-order chi connectivity index (χ0) is 13.6. The summed E-state index contributed by atoms with van der Waals surface area (Å²) >= 11 is 0. The van der Waals surface area contributed by atoms with Gasteiger partial charge in [0.25, 0.3) is 0 Å². The second-order valence-electron chi connectivity index (χ2n) is 4.31. The quantitative estimate of drug-likeness (QED) is 0.631. The fourth-order valence-corrected chi connectivity index (χ4v) is 1.93. The summed E-state index contributed by atoms with van der Waals surface area (Å²) in [5, 5.41) is 18.0. The minimum atomic E-state index is -1.22.